The van der Waals surface area contributed by atoms with Crippen LogP contribution in [-0.2, 0) is 6.42 Å². The standard InChI is InChI=1S/C10H19N3O/c1-6(2)5-8-12-10(13-14-8)9(11)7(3)4/h6-7,9H,5,11H2,1-4H3/t9-/m0/s1. The number of nitrogens with two attached hydrogens (primary N) is 1. The van der Waals surface area contributed by atoms with Crippen LogP contribution >= 0.6 is 0 Å². The topological polar surface area (TPSA) is 64.9 Å². The Hall–Kier alpha value is -0.900. The van der Waals surface area contributed by atoms with E-state index in [1.165, 1.54) is 0 Å². The summed E-state index contributed by atoms with van der Waals surface area (Å²) < 4.78 is 5.11. The predicted molar refractivity (Wildman–Crippen MR) is 54.6 cm³/mol. The van der Waals surface area contributed by atoms with E-state index in [1.54, 1.807) is 0 Å². The average Bonchev–Trinajstić information content (AvgIpc) is 2.50. The van der Waals surface area contributed by atoms with Gasteiger partial charge in [0.25, 0.3) is 0 Å². The summed E-state index contributed by atoms with van der Waals surface area (Å²) in [5.74, 6) is 2.17. The fourth-order valence-electron chi connectivity index (χ4n) is 1.13. The van der Waals surface area contributed by atoms with Gasteiger partial charge in [0.1, 0.15) is 0 Å². The van der Waals surface area contributed by atoms with E-state index < -0.39 is 0 Å². The van der Waals surface area contributed by atoms with Crippen molar-refractivity contribution in [2.75, 3.05) is 0 Å². The lowest BCUT2D eigenvalue weighted by molar-refractivity contribution is 0.351. The summed E-state index contributed by atoms with van der Waals surface area (Å²) in [5, 5.41) is 3.88. The van der Waals surface area contributed by atoms with Gasteiger partial charge >= 0.3 is 0 Å². The predicted octanol–water partition coefficient (Wildman–Crippen LogP) is 1.92. The number of aromatic nitrogens is 2. The summed E-state index contributed by atoms with van der Waals surface area (Å²) in [5.41, 5.74) is 5.90. The molecule has 0 aliphatic rings. The first kappa shape index (κ1) is 11.2. The van der Waals surface area contributed by atoms with E-state index in [0.29, 0.717) is 23.6 Å². The molecule has 0 aromatic carbocycles. The highest BCUT2D eigenvalue weighted by molar-refractivity contribution is 4.94. The van der Waals surface area contributed by atoms with E-state index in [1.807, 2.05) is 13.8 Å². The van der Waals surface area contributed by atoms with Crippen molar-refractivity contribution in [3.63, 3.8) is 0 Å². The molecule has 1 aromatic heterocycles. The maximum absolute atomic E-state index is 5.90. The van der Waals surface area contributed by atoms with E-state index in [4.69, 9.17) is 10.3 Å². The summed E-state index contributed by atoms with van der Waals surface area (Å²) >= 11 is 0. The first-order chi connectivity index (χ1) is 6.50. The quantitative estimate of drug-likeness (QED) is 0.801. The summed E-state index contributed by atoms with van der Waals surface area (Å²) in [6.45, 7) is 8.32. The summed E-state index contributed by atoms with van der Waals surface area (Å²) in [6, 6.07) is -0.125. The van der Waals surface area contributed by atoms with Crippen LogP contribution in [0.25, 0.3) is 0 Å². The minimum Gasteiger partial charge on any atom is -0.339 e. The zero-order valence-electron chi connectivity index (χ0n) is 9.32. The molecular formula is C10H19N3O. The molecule has 80 valence electrons. The van der Waals surface area contributed by atoms with Crippen molar-refractivity contribution in [3.8, 4) is 0 Å². The molecule has 2 N–H and O–H groups in total. The largest absolute Gasteiger partial charge is 0.339 e. The van der Waals surface area contributed by atoms with Crippen LogP contribution in [0.1, 0.15) is 45.5 Å². The van der Waals surface area contributed by atoms with Gasteiger partial charge in [-0.15, -0.1) is 0 Å². The molecule has 0 unspecified atom stereocenters. The third-order valence-electron chi connectivity index (χ3n) is 2.08. The van der Waals surface area contributed by atoms with Crippen molar-refractivity contribution < 1.29 is 4.52 Å². The highest BCUT2D eigenvalue weighted by atomic mass is 16.5. The Labute approximate surface area is 84.9 Å². The second-order valence-corrected chi connectivity index (χ2v) is 4.41. The molecule has 0 bridgehead atoms. The molecular weight excluding hydrogens is 178 g/mol. The van der Waals surface area contributed by atoms with Gasteiger partial charge in [0, 0.05) is 6.42 Å². The molecule has 1 rings (SSSR count). The Kier molecular flexibility index (Phi) is 3.63. The monoisotopic (exact) mass is 197 g/mol. The number of hydrogen-bond donors (Lipinski definition) is 1. The van der Waals surface area contributed by atoms with Crippen LogP contribution in [0.2, 0.25) is 0 Å². The van der Waals surface area contributed by atoms with Crippen LogP contribution in [-0.4, -0.2) is 10.1 Å². The molecule has 0 spiro atoms. The Morgan fingerprint density at radius 3 is 2.43 bits per heavy atom. The van der Waals surface area contributed by atoms with Gasteiger partial charge in [-0.1, -0.05) is 32.9 Å². The number of nitrogens with zero attached hydrogens (tertiary/aromatic N) is 2. The van der Waals surface area contributed by atoms with Gasteiger partial charge in [0.15, 0.2) is 5.82 Å². The lowest BCUT2D eigenvalue weighted by atomic mass is 10.1. The fraction of sp³-hybridized carbons (Fsp3) is 0.800. The van der Waals surface area contributed by atoms with Crippen molar-refractivity contribution in [1.82, 2.24) is 10.1 Å². The van der Waals surface area contributed by atoms with Gasteiger partial charge in [-0.2, -0.15) is 4.98 Å². The van der Waals surface area contributed by atoms with Gasteiger partial charge in [0.2, 0.25) is 5.89 Å². The Morgan fingerprint density at radius 2 is 1.93 bits per heavy atom. The Bertz CT molecular complexity index is 281. The van der Waals surface area contributed by atoms with Gasteiger partial charge < -0.3 is 10.3 Å². The number of hydrogen-bond acceptors (Lipinski definition) is 4. The van der Waals surface area contributed by atoms with E-state index in [0.717, 1.165) is 6.42 Å². The summed E-state index contributed by atoms with van der Waals surface area (Å²) in [4.78, 5) is 4.27. The van der Waals surface area contributed by atoms with Crippen LogP contribution in [0.5, 0.6) is 0 Å². The van der Waals surface area contributed by atoms with Crippen molar-refractivity contribution >= 4 is 0 Å². The molecule has 14 heavy (non-hydrogen) atoms. The maximum atomic E-state index is 5.90. The van der Waals surface area contributed by atoms with Crippen molar-refractivity contribution in [2.24, 2.45) is 17.6 Å². The third-order valence-corrected chi connectivity index (χ3v) is 2.08. The van der Waals surface area contributed by atoms with Crippen LogP contribution < -0.4 is 5.73 Å². The van der Waals surface area contributed by atoms with E-state index in [-0.39, 0.29) is 6.04 Å². The van der Waals surface area contributed by atoms with E-state index in [9.17, 15) is 0 Å². The molecule has 1 heterocycles. The first-order valence-corrected chi connectivity index (χ1v) is 5.08. The van der Waals surface area contributed by atoms with Crippen LogP contribution in [0.15, 0.2) is 4.52 Å². The molecule has 0 fully saturated rings. The van der Waals surface area contributed by atoms with Gasteiger partial charge in [-0.3, -0.25) is 0 Å². The van der Waals surface area contributed by atoms with Crippen LogP contribution in [0, 0.1) is 11.8 Å². The Balaban J connectivity index is 2.67. The lowest BCUT2D eigenvalue weighted by Gasteiger charge is -2.09. The lowest BCUT2D eigenvalue weighted by Crippen LogP contribution is -2.18. The van der Waals surface area contributed by atoms with Gasteiger partial charge in [-0.05, 0) is 11.8 Å². The smallest absolute Gasteiger partial charge is 0.226 e. The zero-order chi connectivity index (χ0) is 10.7. The molecule has 0 radical (unpaired) electrons. The zero-order valence-corrected chi connectivity index (χ0v) is 9.32. The van der Waals surface area contributed by atoms with Crippen LogP contribution in [0.3, 0.4) is 0 Å². The Morgan fingerprint density at radius 1 is 1.29 bits per heavy atom. The molecule has 4 heteroatoms. The van der Waals surface area contributed by atoms with Crippen molar-refractivity contribution in [3.05, 3.63) is 11.7 Å². The minimum atomic E-state index is -0.125. The third kappa shape index (κ3) is 2.80. The molecule has 4 nitrogen and oxygen atoms in total. The van der Waals surface area contributed by atoms with E-state index in [2.05, 4.69) is 24.0 Å². The fourth-order valence-corrected chi connectivity index (χ4v) is 1.13. The summed E-state index contributed by atoms with van der Waals surface area (Å²) in [7, 11) is 0. The molecule has 1 aromatic rings. The molecule has 0 aliphatic heterocycles. The molecule has 1 atom stereocenters. The maximum Gasteiger partial charge on any atom is 0.226 e. The summed E-state index contributed by atoms with van der Waals surface area (Å²) in [6.07, 6.45) is 0.817. The molecule has 0 saturated heterocycles. The highest BCUT2D eigenvalue weighted by Gasteiger charge is 2.17. The second-order valence-electron chi connectivity index (χ2n) is 4.41. The van der Waals surface area contributed by atoms with E-state index >= 15 is 0 Å². The van der Waals surface area contributed by atoms with Crippen molar-refractivity contribution in [2.45, 2.75) is 40.2 Å². The second kappa shape index (κ2) is 4.55. The normalized spacial score (nSPS) is 13.9. The average molecular weight is 197 g/mol. The first-order valence-electron chi connectivity index (χ1n) is 5.08. The molecule has 0 aliphatic carbocycles. The molecule has 0 saturated carbocycles. The minimum absolute atomic E-state index is 0.125. The molecule has 0 amide bonds. The number of rotatable bonds is 4. The van der Waals surface area contributed by atoms with Crippen molar-refractivity contribution in [1.29, 1.82) is 0 Å². The van der Waals surface area contributed by atoms with Gasteiger partial charge in [0.05, 0.1) is 6.04 Å². The SMILES string of the molecule is CC(C)Cc1nc([C@@H](N)C(C)C)no1. The highest BCUT2D eigenvalue weighted by Crippen LogP contribution is 2.16. The van der Waals surface area contributed by atoms with Gasteiger partial charge in [-0.25, -0.2) is 0 Å². The van der Waals surface area contributed by atoms with Crippen LogP contribution in [0.4, 0.5) is 0 Å².